The van der Waals surface area contributed by atoms with Gasteiger partial charge in [-0.15, -0.1) is 0 Å². The second-order valence-corrected chi connectivity index (χ2v) is 13.8. The van der Waals surface area contributed by atoms with Gasteiger partial charge in [-0.2, -0.15) is 0 Å². The van der Waals surface area contributed by atoms with E-state index in [1.165, 1.54) is 76.4 Å². The summed E-state index contributed by atoms with van der Waals surface area (Å²) in [5.74, 6) is 0.901. The number of aromatic nitrogens is 3. The van der Waals surface area contributed by atoms with E-state index < -0.39 is 0 Å². The molecule has 244 valence electrons. The first-order valence-corrected chi connectivity index (χ1v) is 17.8. The zero-order valence-corrected chi connectivity index (χ0v) is 28.5. The van der Waals surface area contributed by atoms with Crippen LogP contribution in [0, 0.1) is 0 Å². The van der Waals surface area contributed by atoms with Gasteiger partial charge in [0.2, 0.25) is 0 Å². The van der Waals surface area contributed by atoms with Crippen LogP contribution in [0.15, 0.2) is 164 Å². The fraction of sp³-hybridized carbons (Fsp3) is 0.0208. The number of allylic oxidation sites excluding steroid dienone is 3. The molecule has 0 saturated heterocycles. The van der Waals surface area contributed by atoms with E-state index >= 15 is 0 Å². The van der Waals surface area contributed by atoms with Crippen LogP contribution in [0.1, 0.15) is 18.2 Å². The number of hydrogen-bond acceptors (Lipinski definition) is 2. The average molecular weight is 665 g/mol. The highest BCUT2D eigenvalue weighted by molar-refractivity contribution is 6.20. The molecule has 7 aromatic carbocycles. The number of nitrogens with zero attached hydrogens (tertiary/aromatic N) is 3. The highest BCUT2D eigenvalue weighted by Crippen LogP contribution is 2.44. The van der Waals surface area contributed by atoms with Crippen LogP contribution in [0.5, 0.6) is 0 Å². The molecule has 0 amide bonds. The van der Waals surface area contributed by atoms with Crippen LogP contribution in [0.25, 0.3) is 98.9 Å². The Morgan fingerprint density at radius 3 is 2.02 bits per heavy atom. The summed E-state index contributed by atoms with van der Waals surface area (Å²) >= 11 is 0. The van der Waals surface area contributed by atoms with Gasteiger partial charge in [0.1, 0.15) is 5.82 Å². The van der Waals surface area contributed by atoms with Crippen LogP contribution in [-0.2, 0) is 0 Å². The van der Waals surface area contributed by atoms with Crippen molar-refractivity contribution in [1.29, 1.82) is 0 Å². The normalized spacial score (nSPS) is 13.0. The number of rotatable bonds is 4. The lowest BCUT2D eigenvalue weighted by atomic mass is 10.00. The van der Waals surface area contributed by atoms with E-state index in [0.29, 0.717) is 0 Å². The van der Waals surface area contributed by atoms with Gasteiger partial charge in [-0.05, 0) is 101 Å². The van der Waals surface area contributed by atoms with Gasteiger partial charge in [0.15, 0.2) is 0 Å². The fourth-order valence-corrected chi connectivity index (χ4v) is 8.75. The largest absolute Gasteiger partial charge is 0.405 e. The molecular formula is C48H32N4. The Morgan fingerprint density at radius 2 is 1.21 bits per heavy atom. The molecule has 0 radical (unpaired) electrons. The molecule has 4 heteroatoms. The molecule has 11 rings (SSSR count). The molecule has 2 N–H and O–H groups in total. The Bertz CT molecular complexity index is 3190. The van der Waals surface area contributed by atoms with Crippen LogP contribution in [-0.4, -0.2) is 14.1 Å². The topological polar surface area (TPSA) is 48.8 Å². The summed E-state index contributed by atoms with van der Waals surface area (Å²) < 4.78 is 4.74. The summed E-state index contributed by atoms with van der Waals surface area (Å²) in [4.78, 5) is 5.35. The van der Waals surface area contributed by atoms with E-state index in [9.17, 15) is 0 Å². The molecule has 4 nitrogen and oxygen atoms in total. The van der Waals surface area contributed by atoms with Crippen molar-refractivity contribution in [2.45, 2.75) is 6.92 Å². The van der Waals surface area contributed by atoms with E-state index in [4.69, 9.17) is 10.7 Å². The summed E-state index contributed by atoms with van der Waals surface area (Å²) in [6.45, 7) is 2.16. The van der Waals surface area contributed by atoms with E-state index in [1.807, 2.05) is 6.08 Å². The van der Waals surface area contributed by atoms with Gasteiger partial charge in [-0.25, -0.2) is 4.98 Å². The van der Waals surface area contributed by atoms with Crippen molar-refractivity contribution in [3.63, 3.8) is 0 Å². The van der Waals surface area contributed by atoms with Crippen LogP contribution >= 0.6 is 0 Å². The summed E-state index contributed by atoms with van der Waals surface area (Å²) in [6.07, 6.45) is 3.60. The summed E-state index contributed by atoms with van der Waals surface area (Å²) in [6, 6.07) is 55.2. The number of fused-ring (bicyclic) bond motifs is 8. The molecule has 1 aliphatic rings. The van der Waals surface area contributed by atoms with Gasteiger partial charge < -0.3 is 10.3 Å². The second-order valence-electron chi connectivity index (χ2n) is 13.8. The summed E-state index contributed by atoms with van der Waals surface area (Å²) in [5, 5.41) is 9.76. The Kier molecular flexibility index (Phi) is 5.99. The van der Waals surface area contributed by atoms with Crippen LogP contribution in [0.4, 0.5) is 0 Å². The predicted octanol–water partition coefficient (Wildman–Crippen LogP) is 12.0. The summed E-state index contributed by atoms with van der Waals surface area (Å²) in [5.41, 5.74) is 18.7. The molecule has 10 aromatic rings. The maximum atomic E-state index is 5.94. The average Bonchev–Trinajstić information content (AvgIpc) is 3.81. The Hall–Kier alpha value is -6.91. The minimum absolute atomic E-state index is 0.901. The van der Waals surface area contributed by atoms with E-state index in [1.54, 1.807) is 6.20 Å². The first-order valence-electron chi connectivity index (χ1n) is 17.8. The van der Waals surface area contributed by atoms with E-state index in [2.05, 4.69) is 168 Å². The lowest BCUT2D eigenvalue weighted by Gasteiger charge is -2.11. The minimum Gasteiger partial charge on any atom is -0.405 e. The van der Waals surface area contributed by atoms with Crippen LogP contribution in [0.3, 0.4) is 0 Å². The number of nitrogens with two attached hydrogens (primary N) is 1. The Morgan fingerprint density at radius 1 is 0.538 bits per heavy atom. The third-order valence-corrected chi connectivity index (χ3v) is 11.1. The number of hydrogen-bond donors (Lipinski definition) is 1. The van der Waals surface area contributed by atoms with Gasteiger partial charge in [0.25, 0.3) is 0 Å². The maximum Gasteiger partial charge on any atom is 0.138 e. The molecule has 3 aromatic heterocycles. The van der Waals surface area contributed by atoms with Crippen molar-refractivity contribution in [1.82, 2.24) is 14.1 Å². The first-order chi connectivity index (χ1) is 25.7. The first kappa shape index (κ1) is 28.9. The van der Waals surface area contributed by atoms with Crippen molar-refractivity contribution < 1.29 is 0 Å². The van der Waals surface area contributed by atoms with Crippen molar-refractivity contribution in [3.05, 3.63) is 175 Å². The smallest absolute Gasteiger partial charge is 0.138 e. The second kappa shape index (κ2) is 10.8. The predicted molar refractivity (Wildman–Crippen MR) is 219 cm³/mol. The number of benzene rings is 7. The highest BCUT2D eigenvalue weighted by atomic mass is 15.1. The van der Waals surface area contributed by atoms with Gasteiger partial charge in [0.05, 0.1) is 27.8 Å². The monoisotopic (exact) mass is 664 g/mol. The van der Waals surface area contributed by atoms with Crippen molar-refractivity contribution in [3.8, 4) is 22.6 Å². The van der Waals surface area contributed by atoms with Crippen LogP contribution in [0.2, 0.25) is 0 Å². The molecule has 0 spiro atoms. The van der Waals surface area contributed by atoms with Crippen molar-refractivity contribution >= 4 is 76.3 Å². The quantitative estimate of drug-likeness (QED) is 0.204. The molecule has 0 unspecified atom stereocenters. The molecule has 0 aliphatic heterocycles. The zero-order valence-electron chi connectivity index (χ0n) is 28.5. The number of para-hydroxylation sites is 2. The Balaban J connectivity index is 1.13. The zero-order chi connectivity index (χ0) is 34.5. The third-order valence-electron chi connectivity index (χ3n) is 11.1. The van der Waals surface area contributed by atoms with Crippen molar-refractivity contribution in [2.75, 3.05) is 0 Å². The summed E-state index contributed by atoms with van der Waals surface area (Å²) in [7, 11) is 0. The molecule has 0 atom stereocenters. The van der Waals surface area contributed by atoms with E-state index in [0.717, 1.165) is 33.8 Å². The highest BCUT2D eigenvalue weighted by Gasteiger charge is 2.24. The van der Waals surface area contributed by atoms with E-state index in [-0.39, 0.29) is 0 Å². The van der Waals surface area contributed by atoms with Gasteiger partial charge in [0, 0.05) is 43.6 Å². The molecule has 3 heterocycles. The van der Waals surface area contributed by atoms with Crippen LogP contribution < -0.4 is 5.73 Å². The maximum absolute atomic E-state index is 5.94. The molecule has 0 bridgehead atoms. The standard InChI is InChI=1S/C48H32N4/c1-29-35-16-9-11-33-28-45(50-47(46(33)35)36(29)24-25-49)52-42-17-8-7-15-38(42)40-26-31(20-23-44(40)52)32-19-22-43-41(27-32)39-21-18-30-10-5-6-14-37(30)48(39)51(43)34-12-3-2-4-13-34/h2-28H,49H2,1H3/b25-24-. The molecular weight excluding hydrogens is 633 g/mol. The lowest BCUT2D eigenvalue weighted by Crippen LogP contribution is -2.00. The number of pyridine rings is 1. The Labute approximate surface area is 300 Å². The third kappa shape index (κ3) is 3.95. The minimum atomic E-state index is 0.901. The van der Waals surface area contributed by atoms with Crippen molar-refractivity contribution in [2.24, 2.45) is 5.73 Å². The molecule has 0 fully saturated rings. The van der Waals surface area contributed by atoms with Gasteiger partial charge in [-0.1, -0.05) is 103 Å². The molecule has 0 saturated carbocycles. The lowest BCUT2D eigenvalue weighted by molar-refractivity contribution is 1.08. The fourth-order valence-electron chi connectivity index (χ4n) is 8.75. The SMILES string of the molecule is CC1=C(/C=C\N)c2nc(-n3c4ccccc4c4cc(-c5ccc6c(c5)c5ccc7ccccc7c5n6-c5ccccc5)ccc43)cc3cccc1c23. The van der Waals surface area contributed by atoms with Gasteiger partial charge >= 0.3 is 0 Å². The molecule has 52 heavy (non-hydrogen) atoms. The molecule has 1 aliphatic carbocycles. The van der Waals surface area contributed by atoms with Gasteiger partial charge in [-0.3, -0.25) is 4.57 Å².